The summed E-state index contributed by atoms with van der Waals surface area (Å²) in [6.45, 7) is 3.01. The first-order chi connectivity index (χ1) is 12.6. The van der Waals surface area contributed by atoms with Crippen LogP contribution < -0.4 is 19.5 Å². The molecule has 1 aliphatic rings. The molecular weight excluding hydrogens is 332 g/mol. The van der Waals surface area contributed by atoms with Crippen molar-refractivity contribution in [3.8, 4) is 17.2 Å². The molecule has 144 valence electrons. The fourth-order valence-corrected chi connectivity index (χ4v) is 3.23. The third-order valence-corrected chi connectivity index (χ3v) is 4.84. The molecule has 1 heterocycles. The molecule has 0 saturated carbocycles. The van der Waals surface area contributed by atoms with Crippen LogP contribution in [0.15, 0.2) is 18.2 Å². The van der Waals surface area contributed by atoms with Crippen LogP contribution in [0.3, 0.4) is 0 Å². The number of amides is 1. The van der Waals surface area contributed by atoms with Crippen molar-refractivity contribution in [2.45, 2.75) is 19.3 Å². The maximum atomic E-state index is 12.1. The molecule has 0 aliphatic carbocycles. The molecule has 1 fully saturated rings. The quantitative estimate of drug-likeness (QED) is 0.720. The van der Waals surface area contributed by atoms with Crippen LogP contribution in [0.5, 0.6) is 17.2 Å². The first-order valence-corrected chi connectivity index (χ1v) is 9.02. The van der Waals surface area contributed by atoms with E-state index in [0.717, 1.165) is 25.1 Å². The van der Waals surface area contributed by atoms with E-state index >= 15 is 0 Å². The monoisotopic (exact) mass is 362 g/mol. The Morgan fingerprint density at radius 3 is 2.46 bits per heavy atom. The van der Waals surface area contributed by atoms with Crippen molar-refractivity contribution in [1.82, 2.24) is 10.2 Å². The Hall–Kier alpha value is -2.21. The molecule has 0 bridgehead atoms. The average molecular weight is 362 g/mol. The normalized spacial score (nSPS) is 15.8. The van der Waals surface area contributed by atoms with E-state index in [-0.39, 0.29) is 5.91 Å². The van der Waals surface area contributed by atoms with E-state index < -0.39 is 0 Å². The standard InChI is InChI=1S/C20H30N2O4/c1-22-13-10-15(11-14-22)9-12-21-18(23)8-6-16-5-7-17(24-2)20(26-4)19(16)25-3/h5-8,15H,9-14H2,1-4H3,(H,21,23). The molecule has 0 spiro atoms. The Balaban J connectivity index is 1.89. The fourth-order valence-electron chi connectivity index (χ4n) is 3.23. The number of benzene rings is 1. The van der Waals surface area contributed by atoms with E-state index in [1.54, 1.807) is 33.5 Å². The van der Waals surface area contributed by atoms with Crippen LogP contribution in [0.2, 0.25) is 0 Å². The smallest absolute Gasteiger partial charge is 0.244 e. The summed E-state index contributed by atoms with van der Waals surface area (Å²) in [5.41, 5.74) is 0.760. The lowest BCUT2D eigenvalue weighted by Gasteiger charge is -2.28. The molecule has 0 unspecified atom stereocenters. The van der Waals surface area contributed by atoms with E-state index in [9.17, 15) is 4.79 Å². The first kappa shape index (κ1) is 20.1. The summed E-state index contributed by atoms with van der Waals surface area (Å²) in [7, 11) is 6.86. The number of likely N-dealkylation sites (tertiary alicyclic amines) is 1. The zero-order valence-corrected chi connectivity index (χ0v) is 16.2. The molecule has 6 heteroatoms. The molecule has 1 N–H and O–H groups in total. The van der Waals surface area contributed by atoms with Gasteiger partial charge in [-0.2, -0.15) is 0 Å². The lowest BCUT2D eigenvalue weighted by Crippen LogP contribution is -2.32. The van der Waals surface area contributed by atoms with E-state index in [0.29, 0.717) is 29.7 Å². The van der Waals surface area contributed by atoms with Gasteiger partial charge in [-0.05, 0) is 63.5 Å². The van der Waals surface area contributed by atoms with E-state index in [4.69, 9.17) is 14.2 Å². The van der Waals surface area contributed by atoms with Gasteiger partial charge in [0.1, 0.15) is 0 Å². The van der Waals surface area contributed by atoms with Gasteiger partial charge in [0.05, 0.1) is 21.3 Å². The second-order valence-corrected chi connectivity index (χ2v) is 6.58. The van der Waals surface area contributed by atoms with Gasteiger partial charge in [0.2, 0.25) is 11.7 Å². The van der Waals surface area contributed by atoms with Gasteiger partial charge in [0, 0.05) is 18.2 Å². The molecule has 2 rings (SSSR count). The molecule has 0 atom stereocenters. The summed E-state index contributed by atoms with van der Waals surface area (Å²) in [5, 5.41) is 2.96. The van der Waals surface area contributed by atoms with Crippen molar-refractivity contribution in [2.75, 3.05) is 48.0 Å². The molecule has 1 aliphatic heterocycles. The number of methoxy groups -OCH3 is 3. The molecule has 1 amide bonds. The van der Waals surface area contributed by atoms with Crippen LogP contribution in [0, 0.1) is 5.92 Å². The van der Waals surface area contributed by atoms with Gasteiger partial charge in [-0.25, -0.2) is 0 Å². The number of carbonyl (C=O) groups excluding carboxylic acids is 1. The van der Waals surface area contributed by atoms with Gasteiger partial charge in [-0.3, -0.25) is 4.79 Å². The van der Waals surface area contributed by atoms with Crippen LogP contribution in [0.25, 0.3) is 6.08 Å². The highest BCUT2D eigenvalue weighted by Gasteiger charge is 2.16. The zero-order valence-electron chi connectivity index (χ0n) is 16.2. The fraction of sp³-hybridized carbons (Fsp3) is 0.550. The van der Waals surface area contributed by atoms with Crippen LogP contribution in [-0.2, 0) is 4.79 Å². The van der Waals surface area contributed by atoms with E-state index in [2.05, 4.69) is 17.3 Å². The van der Waals surface area contributed by atoms with Crippen molar-refractivity contribution in [2.24, 2.45) is 5.92 Å². The first-order valence-electron chi connectivity index (χ1n) is 9.02. The van der Waals surface area contributed by atoms with Crippen molar-refractivity contribution in [3.63, 3.8) is 0 Å². The number of hydrogen-bond donors (Lipinski definition) is 1. The zero-order chi connectivity index (χ0) is 18.9. The summed E-state index contributed by atoms with van der Waals surface area (Å²) in [5.74, 6) is 2.25. The van der Waals surface area contributed by atoms with Gasteiger partial charge in [0.15, 0.2) is 11.5 Å². The van der Waals surface area contributed by atoms with Crippen LogP contribution in [0.4, 0.5) is 0 Å². The molecule has 1 aromatic carbocycles. The SMILES string of the molecule is COc1ccc(C=CC(=O)NCCC2CCN(C)CC2)c(OC)c1OC. The summed E-state index contributed by atoms with van der Waals surface area (Å²) in [4.78, 5) is 14.4. The van der Waals surface area contributed by atoms with E-state index in [1.165, 1.54) is 18.9 Å². The van der Waals surface area contributed by atoms with Gasteiger partial charge < -0.3 is 24.4 Å². The summed E-state index contributed by atoms with van der Waals surface area (Å²) in [6, 6.07) is 3.63. The Morgan fingerprint density at radius 2 is 1.85 bits per heavy atom. The predicted molar refractivity (Wildman–Crippen MR) is 103 cm³/mol. The van der Waals surface area contributed by atoms with Crippen molar-refractivity contribution >= 4 is 12.0 Å². The lowest BCUT2D eigenvalue weighted by molar-refractivity contribution is -0.116. The average Bonchev–Trinajstić information content (AvgIpc) is 2.66. The van der Waals surface area contributed by atoms with Crippen LogP contribution in [-0.4, -0.2) is 58.8 Å². The van der Waals surface area contributed by atoms with E-state index in [1.807, 2.05) is 6.07 Å². The van der Waals surface area contributed by atoms with Gasteiger partial charge in [-0.1, -0.05) is 0 Å². The largest absolute Gasteiger partial charge is 0.493 e. The van der Waals surface area contributed by atoms with Crippen LogP contribution >= 0.6 is 0 Å². The maximum absolute atomic E-state index is 12.1. The molecule has 26 heavy (non-hydrogen) atoms. The predicted octanol–water partition coefficient (Wildman–Crippen LogP) is 2.57. The number of rotatable bonds is 8. The number of nitrogens with one attached hydrogen (secondary N) is 1. The van der Waals surface area contributed by atoms with Crippen molar-refractivity contribution < 1.29 is 19.0 Å². The summed E-state index contributed by atoms with van der Waals surface area (Å²) in [6.07, 6.45) is 6.72. The lowest BCUT2D eigenvalue weighted by atomic mass is 9.94. The number of ether oxygens (including phenoxy) is 3. The Morgan fingerprint density at radius 1 is 1.15 bits per heavy atom. The Kier molecular flexibility index (Phi) is 7.78. The molecule has 0 radical (unpaired) electrons. The second-order valence-electron chi connectivity index (χ2n) is 6.58. The molecule has 6 nitrogen and oxygen atoms in total. The number of hydrogen-bond acceptors (Lipinski definition) is 5. The highest BCUT2D eigenvalue weighted by atomic mass is 16.5. The van der Waals surface area contributed by atoms with Gasteiger partial charge >= 0.3 is 0 Å². The highest BCUT2D eigenvalue weighted by Crippen LogP contribution is 2.40. The third kappa shape index (κ3) is 5.39. The minimum Gasteiger partial charge on any atom is -0.493 e. The number of nitrogens with zero attached hydrogens (tertiary/aromatic N) is 1. The number of carbonyl (C=O) groups is 1. The van der Waals surface area contributed by atoms with Gasteiger partial charge in [0.25, 0.3) is 0 Å². The number of piperidine rings is 1. The molecular formula is C20H30N2O4. The summed E-state index contributed by atoms with van der Waals surface area (Å²) >= 11 is 0. The molecule has 1 aromatic rings. The topological polar surface area (TPSA) is 60.0 Å². The molecule has 1 saturated heterocycles. The van der Waals surface area contributed by atoms with Gasteiger partial charge in [-0.15, -0.1) is 0 Å². The Labute approximate surface area is 156 Å². The minimum absolute atomic E-state index is 0.102. The maximum Gasteiger partial charge on any atom is 0.244 e. The van der Waals surface area contributed by atoms with Crippen molar-refractivity contribution in [3.05, 3.63) is 23.8 Å². The summed E-state index contributed by atoms with van der Waals surface area (Å²) < 4.78 is 16.0. The minimum atomic E-state index is -0.102. The molecule has 0 aromatic heterocycles. The highest BCUT2D eigenvalue weighted by molar-refractivity contribution is 5.92. The second kappa shape index (κ2) is 10.1. The van der Waals surface area contributed by atoms with Crippen LogP contribution in [0.1, 0.15) is 24.8 Å². The Bertz CT molecular complexity index is 622. The van der Waals surface area contributed by atoms with Crippen molar-refractivity contribution in [1.29, 1.82) is 0 Å². The third-order valence-electron chi connectivity index (χ3n) is 4.84.